The molecule has 1 aliphatic heterocycles. The lowest BCUT2D eigenvalue weighted by Crippen LogP contribution is -2.32. The van der Waals surface area contributed by atoms with Crippen molar-refractivity contribution in [2.45, 2.75) is 37.9 Å². The Kier molecular flexibility index (Phi) is 3.46. The average Bonchev–Trinajstić information content (AvgIpc) is 2.95. The van der Waals surface area contributed by atoms with Crippen molar-refractivity contribution in [3.8, 4) is 0 Å². The normalized spacial score (nSPS) is 28.4. The molecular weight excluding hydrogens is 290 g/mol. The molecule has 1 fully saturated rings. The summed E-state index contributed by atoms with van der Waals surface area (Å²) in [6, 6.07) is 5.27. The Morgan fingerprint density at radius 2 is 1.91 bits per heavy atom. The molecule has 116 valence electrons. The molecule has 3 rings (SSSR count). The van der Waals surface area contributed by atoms with Gasteiger partial charge in [0.2, 0.25) is 0 Å². The molecule has 7 nitrogen and oxygen atoms in total. The third kappa shape index (κ3) is 2.72. The van der Waals surface area contributed by atoms with E-state index in [1.165, 1.54) is 24.3 Å². The second kappa shape index (κ2) is 5.19. The van der Waals surface area contributed by atoms with E-state index in [-0.39, 0.29) is 23.5 Å². The molecule has 1 saturated heterocycles. The van der Waals surface area contributed by atoms with E-state index in [0.717, 1.165) is 0 Å². The van der Waals surface area contributed by atoms with Crippen molar-refractivity contribution in [1.82, 2.24) is 0 Å². The molecule has 0 N–H and O–H groups in total. The molecule has 1 aromatic rings. The molecule has 0 amide bonds. The third-order valence-electron chi connectivity index (χ3n) is 3.53. The molecule has 0 saturated carbocycles. The topological polar surface area (TPSA) is 87.9 Å². The number of nitro groups is 1. The lowest BCUT2D eigenvalue weighted by atomic mass is 10.2. The summed E-state index contributed by atoms with van der Waals surface area (Å²) < 4.78 is 16.8. The van der Waals surface area contributed by atoms with Crippen molar-refractivity contribution in [2.75, 3.05) is 0 Å². The van der Waals surface area contributed by atoms with Crippen molar-refractivity contribution >= 4 is 11.7 Å². The summed E-state index contributed by atoms with van der Waals surface area (Å²) in [7, 11) is 0. The highest BCUT2D eigenvalue weighted by molar-refractivity contribution is 5.89. The number of fused-ring (bicyclic) bond motifs is 1. The number of rotatable bonds is 3. The summed E-state index contributed by atoms with van der Waals surface area (Å²) >= 11 is 0. The number of ether oxygens (including phenoxy) is 3. The van der Waals surface area contributed by atoms with Gasteiger partial charge >= 0.3 is 5.97 Å². The number of carbonyl (C=O) groups excluding carboxylic acids is 1. The summed E-state index contributed by atoms with van der Waals surface area (Å²) in [5.74, 6) is -1.27. The number of nitrogens with zero attached hydrogens (tertiary/aromatic N) is 1. The lowest BCUT2D eigenvalue weighted by Gasteiger charge is -2.20. The first-order valence-electron chi connectivity index (χ1n) is 6.85. The van der Waals surface area contributed by atoms with E-state index < -0.39 is 22.8 Å². The van der Waals surface area contributed by atoms with Gasteiger partial charge in [0.1, 0.15) is 18.3 Å². The van der Waals surface area contributed by atoms with E-state index in [2.05, 4.69) is 0 Å². The minimum atomic E-state index is -0.710. The second-order valence-corrected chi connectivity index (χ2v) is 5.62. The first kappa shape index (κ1) is 14.7. The smallest absolute Gasteiger partial charge is 0.338 e. The van der Waals surface area contributed by atoms with Gasteiger partial charge in [-0.15, -0.1) is 0 Å². The Morgan fingerprint density at radius 1 is 1.23 bits per heavy atom. The Morgan fingerprint density at radius 3 is 2.55 bits per heavy atom. The van der Waals surface area contributed by atoms with Gasteiger partial charge in [0.25, 0.3) is 5.69 Å². The molecule has 7 heteroatoms. The molecule has 3 atom stereocenters. The minimum Gasteiger partial charge on any atom is -0.452 e. The van der Waals surface area contributed by atoms with Crippen molar-refractivity contribution in [1.29, 1.82) is 0 Å². The van der Waals surface area contributed by atoms with E-state index in [4.69, 9.17) is 14.2 Å². The molecule has 22 heavy (non-hydrogen) atoms. The van der Waals surface area contributed by atoms with Crippen LogP contribution < -0.4 is 0 Å². The van der Waals surface area contributed by atoms with E-state index in [1.54, 1.807) is 19.9 Å². The Labute approximate surface area is 126 Å². The first-order chi connectivity index (χ1) is 10.4. The molecule has 0 radical (unpaired) electrons. The molecule has 0 bridgehead atoms. The van der Waals surface area contributed by atoms with Crippen LogP contribution in [0.15, 0.2) is 36.4 Å². The van der Waals surface area contributed by atoms with E-state index in [0.29, 0.717) is 0 Å². The number of hydrogen-bond acceptors (Lipinski definition) is 6. The fourth-order valence-electron chi connectivity index (χ4n) is 2.57. The first-order valence-corrected chi connectivity index (χ1v) is 6.85. The van der Waals surface area contributed by atoms with Crippen LogP contribution in [0.5, 0.6) is 0 Å². The maximum absolute atomic E-state index is 12.1. The molecule has 1 heterocycles. The monoisotopic (exact) mass is 305 g/mol. The number of non-ortho nitro benzene ring substituents is 1. The molecule has 1 aliphatic carbocycles. The van der Waals surface area contributed by atoms with Crippen molar-refractivity contribution in [3.05, 3.63) is 52.1 Å². The summed E-state index contributed by atoms with van der Waals surface area (Å²) in [5, 5.41) is 10.6. The highest BCUT2D eigenvalue weighted by atomic mass is 16.8. The van der Waals surface area contributed by atoms with Crippen LogP contribution in [0, 0.1) is 10.1 Å². The summed E-state index contributed by atoms with van der Waals surface area (Å²) in [6.07, 6.45) is 2.41. The van der Waals surface area contributed by atoms with E-state index in [9.17, 15) is 14.9 Å². The number of hydrogen-bond donors (Lipinski definition) is 0. The van der Waals surface area contributed by atoms with Gasteiger partial charge in [-0.1, -0.05) is 6.08 Å². The van der Waals surface area contributed by atoms with Gasteiger partial charge in [0, 0.05) is 12.1 Å². The van der Waals surface area contributed by atoms with Crippen LogP contribution in [0.1, 0.15) is 24.2 Å². The average molecular weight is 305 g/mol. The lowest BCUT2D eigenvalue weighted by molar-refractivity contribution is -0.384. The maximum Gasteiger partial charge on any atom is 0.338 e. The van der Waals surface area contributed by atoms with Crippen LogP contribution in [0.3, 0.4) is 0 Å². The van der Waals surface area contributed by atoms with Crippen LogP contribution in [0.4, 0.5) is 5.69 Å². The molecular formula is C15H15NO6. The molecule has 1 aromatic carbocycles. The molecule has 0 unspecified atom stereocenters. The van der Waals surface area contributed by atoms with Crippen molar-refractivity contribution in [2.24, 2.45) is 0 Å². The molecule has 2 aliphatic rings. The predicted octanol–water partition coefficient (Wildman–Crippen LogP) is 2.21. The van der Waals surface area contributed by atoms with Gasteiger partial charge in [0.05, 0.1) is 10.5 Å². The SMILES string of the molecule is CC1(C)O[C@@H]2[C@@H](OC(=O)c3ccc([N+](=O)[O-])cc3)C=C[C@@H]2O1. The molecule has 0 aromatic heterocycles. The predicted molar refractivity (Wildman–Crippen MR) is 75.3 cm³/mol. The summed E-state index contributed by atoms with van der Waals surface area (Å²) in [4.78, 5) is 22.2. The maximum atomic E-state index is 12.1. The quantitative estimate of drug-likeness (QED) is 0.368. The third-order valence-corrected chi connectivity index (χ3v) is 3.53. The number of esters is 1. The Balaban J connectivity index is 1.67. The number of carbonyl (C=O) groups is 1. The zero-order valence-corrected chi connectivity index (χ0v) is 12.1. The van der Waals surface area contributed by atoms with Gasteiger partial charge in [-0.25, -0.2) is 4.79 Å². The molecule has 0 spiro atoms. The van der Waals surface area contributed by atoms with Crippen LogP contribution in [-0.2, 0) is 14.2 Å². The largest absolute Gasteiger partial charge is 0.452 e. The van der Waals surface area contributed by atoms with E-state index >= 15 is 0 Å². The van der Waals surface area contributed by atoms with Gasteiger partial charge < -0.3 is 14.2 Å². The fraction of sp³-hybridized carbons (Fsp3) is 0.400. The highest BCUT2D eigenvalue weighted by Gasteiger charge is 2.47. The summed E-state index contributed by atoms with van der Waals surface area (Å²) in [5.41, 5.74) is 0.173. The van der Waals surface area contributed by atoms with Gasteiger partial charge in [0.15, 0.2) is 5.79 Å². The zero-order chi connectivity index (χ0) is 15.9. The Hall–Kier alpha value is -2.25. The van der Waals surface area contributed by atoms with Gasteiger partial charge in [-0.2, -0.15) is 0 Å². The minimum absolute atomic E-state index is 0.0772. The van der Waals surface area contributed by atoms with Gasteiger partial charge in [-0.05, 0) is 32.1 Å². The van der Waals surface area contributed by atoms with Crippen LogP contribution >= 0.6 is 0 Å². The van der Waals surface area contributed by atoms with Crippen LogP contribution in [0.2, 0.25) is 0 Å². The van der Waals surface area contributed by atoms with E-state index in [1.807, 2.05) is 6.08 Å². The van der Waals surface area contributed by atoms with Crippen LogP contribution in [0.25, 0.3) is 0 Å². The van der Waals surface area contributed by atoms with Crippen molar-refractivity contribution in [3.63, 3.8) is 0 Å². The zero-order valence-electron chi connectivity index (χ0n) is 12.1. The standard InChI is InChI=1S/C15H15NO6/c1-15(2)21-12-8-7-11(13(12)22-15)20-14(17)9-3-5-10(6-4-9)16(18)19/h3-8,11-13H,1-2H3/t11-,12-,13+/m0/s1. The van der Waals surface area contributed by atoms with Crippen molar-refractivity contribution < 1.29 is 23.9 Å². The fourth-order valence-corrected chi connectivity index (χ4v) is 2.57. The summed E-state index contributed by atoms with van der Waals surface area (Å²) in [6.45, 7) is 3.60. The number of nitro benzene ring substituents is 1. The Bertz CT molecular complexity index is 636. The van der Waals surface area contributed by atoms with Gasteiger partial charge in [-0.3, -0.25) is 10.1 Å². The second-order valence-electron chi connectivity index (χ2n) is 5.62. The number of benzene rings is 1. The van der Waals surface area contributed by atoms with Crippen LogP contribution in [-0.4, -0.2) is 35.0 Å². The highest BCUT2D eigenvalue weighted by Crippen LogP contribution is 2.35.